The van der Waals surface area contributed by atoms with Crippen LogP contribution in [0.5, 0.6) is 0 Å². The van der Waals surface area contributed by atoms with E-state index in [4.69, 9.17) is 0 Å². The summed E-state index contributed by atoms with van der Waals surface area (Å²) in [6, 6.07) is 3.50. The Hall–Kier alpha value is -3.38. The minimum atomic E-state index is -4.60. The minimum absolute atomic E-state index is 0.0236. The third kappa shape index (κ3) is 3.95. The molecule has 0 radical (unpaired) electrons. The van der Waals surface area contributed by atoms with Crippen molar-refractivity contribution in [3.8, 4) is 0 Å². The van der Waals surface area contributed by atoms with Crippen molar-refractivity contribution < 1.29 is 26.7 Å². The lowest BCUT2D eigenvalue weighted by Gasteiger charge is -2.54. The van der Waals surface area contributed by atoms with Gasteiger partial charge in [0.15, 0.2) is 5.65 Å². The first kappa shape index (κ1) is 21.5. The highest BCUT2D eigenvalue weighted by Crippen LogP contribution is 2.42. The van der Waals surface area contributed by atoms with Crippen LogP contribution in [0.3, 0.4) is 0 Å². The van der Waals surface area contributed by atoms with Crippen molar-refractivity contribution in [3.63, 3.8) is 0 Å². The Morgan fingerprint density at radius 1 is 1.06 bits per heavy atom. The van der Waals surface area contributed by atoms with E-state index in [1.807, 2.05) is 4.90 Å². The van der Waals surface area contributed by atoms with Crippen molar-refractivity contribution in [2.24, 2.45) is 5.41 Å². The number of pyridine rings is 1. The van der Waals surface area contributed by atoms with Gasteiger partial charge in [-0.3, -0.25) is 9.69 Å². The number of amides is 1. The average Bonchev–Trinajstić information content (AvgIpc) is 3.13. The smallest absolute Gasteiger partial charge is 0.354 e. The van der Waals surface area contributed by atoms with Crippen LogP contribution in [0, 0.1) is 5.41 Å². The van der Waals surface area contributed by atoms with Crippen LogP contribution in [0.1, 0.15) is 18.5 Å². The van der Waals surface area contributed by atoms with Crippen molar-refractivity contribution in [1.82, 2.24) is 24.7 Å². The number of alkyl halides is 5. The fraction of sp³-hybridized carbons (Fsp3) is 0.450. The number of piperidine rings is 1. The third-order valence-electron chi connectivity index (χ3n) is 5.99. The predicted molar refractivity (Wildman–Crippen MR) is 107 cm³/mol. The molecule has 2 saturated heterocycles. The second-order valence-electron chi connectivity index (χ2n) is 8.37. The van der Waals surface area contributed by atoms with Crippen molar-refractivity contribution in [3.05, 3.63) is 36.3 Å². The molecule has 33 heavy (non-hydrogen) atoms. The maximum Gasteiger partial charge on any atom is 0.433 e. The molecule has 1 amide bonds. The van der Waals surface area contributed by atoms with Crippen LogP contribution in [-0.4, -0.2) is 56.7 Å². The first-order valence-corrected chi connectivity index (χ1v) is 10.2. The van der Waals surface area contributed by atoms with Crippen molar-refractivity contribution >= 4 is 28.7 Å². The molecule has 0 unspecified atom stereocenters. The van der Waals surface area contributed by atoms with Gasteiger partial charge in [-0.2, -0.15) is 18.3 Å². The van der Waals surface area contributed by atoms with E-state index in [9.17, 15) is 26.7 Å². The predicted octanol–water partition coefficient (Wildman–Crippen LogP) is 3.14. The van der Waals surface area contributed by atoms with E-state index in [0.717, 1.165) is 10.7 Å². The molecule has 5 rings (SSSR count). The molecule has 13 heteroatoms. The summed E-state index contributed by atoms with van der Waals surface area (Å²) in [5.41, 5.74) is -0.724. The number of anilines is 2. The fourth-order valence-electron chi connectivity index (χ4n) is 4.39. The summed E-state index contributed by atoms with van der Waals surface area (Å²) in [4.78, 5) is 28.0. The maximum absolute atomic E-state index is 13.1. The molecule has 3 aromatic heterocycles. The van der Waals surface area contributed by atoms with Crippen LogP contribution in [-0.2, 0) is 17.5 Å². The number of rotatable bonds is 4. The van der Waals surface area contributed by atoms with Gasteiger partial charge in [-0.15, -0.1) is 0 Å². The van der Waals surface area contributed by atoms with Crippen molar-refractivity contribution in [2.45, 2.75) is 32.0 Å². The molecule has 1 spiro atoms. The van der Waals surface area contributed by atoms with Crippen LogP contribution in [0.2, 0.25) is 0 Å². The number of aromatic nitrogens is 5. The molecule has 5 heterocycles. The molecule has 0 aromatic carbocycles. The largest absolute Gasteiger partial charge is 0.433 e. The molecular formula is C20H18F5N7O. The fourth-order valence-corrected chi connectivity index (χ4v) is 4.39. The highest BCUT2D eigenvalue weighted by molar-refractivity contribution is 5.93. The lowest BCUT2D eigenvalue weighted by molar-refractivity contribution is -0.141. The van der Waals surface area contributed by atoms with Gasteiger partial charge in [0.2, 0.25) is 5.91 Å². The van der Waals surface area contributed by atoms with Gasteiger partial charge in [-0.05, 0) is 18.6 Å². The van der Waals surface area contributed by atoms with Gasteiger partial charge in [0.05, 0.1) is 12.4 Å². The molecule has 0 N–H and O–H groups in total. The van der Waals surface area contributed by atoms with Crippen LogP contribution >= 0.6 is 0 Å². The number of fused-ring (bicyclic) bond motifs is 1. The molecule has 2 aliphatic rings. The number of nitrogens with zero attached hydrogens (tertiary/aromatic N) is 7. The first-order chi connectivity index (χ1) is 15.6. The number of carbonyl (C=O) groups is 1. The normalized spacial score (nSPS) is 18.4. The molecular weight excluding hydrogens is 449 g/mol. The zero-order valence-electron chi connectivity index (χ0n) is 17.1. The Bertz CT molecular complexity index is 1200. The highest BCUT2D eigenvalue weighted by Gasteiger charge is 2.49. The second kappa shape index (κ2) is 7.59. The summed E-state index contributed by atoms with van der Waals surface area (Å²) in [6.07, 6.45) is -3.51. The van der Waals surface area contributed by atoms with Crippen LogP contribution in [0.4, 0.5) is 33.6 Å². The van der Waals surface area contributed by atoms with Gasteiger partial charge in [0, 0.05) is 31.5 Å². The quantitative estimate of drug-likeness (QED) is 0.549. The molecule has 0 aliphatic carbocycles. The van der Waals surface area contributed by atoms with Gasteiger partial charge in [-0.25, -0.2) is 28.4 Å². The second-order valence-corrected chi connectivity index (χ2v) is 8.37. The Kier molecular flexibility index (Phi) is 4.94. The summed E-state index contributed by atoms with van der Waals surface area (Å²) >= 11 is 0. The van der Waals surface area contributed by atoms with E-state index in [-0.39, 0.29) is 35.8 Å². The van der Waals surface area contributed by atoms with E-state index >= 15 is 0 Å². The van der Waals surface area contributed by atoms with Crippen molar-refractivity contribution in [2.75, 3.05) is 29.4 Å². The molecule has 2 fully saturated rings. The molecule has 8 nitrogen and oxygen atoms in total. The van der Waals surface area contributed by atoms with E-state index in [1.54, 1.807) is 0 Å². The third-order valence-corrected chi connectivity index (χ3v) is 5.99. The van der Waals surface area contributed by atoms with Gasteiger partial charge in [0.1, 0.15) is 29.4 Å². The molecule has 0 saturated carbocycles. The molecule has 3 aromatic rings. The SMILES string of the molecule is O=C1CCC2(CN(c3cnc4cnn(CC(F)F)c4n3)C2)CN1c1cccc(C(F)(F)F)n1. The van der Waals surface area contributed by atoms with Crippen LogP contribution < -0.4 is 9.80 Å². The molecule has 0 bridgehead atoms. The molecule has 2 aliphatic heterocycles. The van der Waals surface area contributed by atoms with Gasteiger partial charge in [-0.1, -0.05) is 6.07 Å². The zero-order valence-corrected chi connectivity index (χ0v) is 17.1. The van der Waals surface area contributed by atoms with Gasteiger partial charge >= 0.3 is 6.18 Å². The van der Waals surface area contributed by atoms with Gasteiger partial charge < -0.3 is 4.90 Å². The Labute approximate surface area is 184 Å². The number of hydrogen-bond donors (Lipinski definition) is 0. The lowest BCUT2D eigenvalue weighted by atomic mass is 9.73. The lowest BCUT2D eigenvalue weighted by Crippen LogP contribution is -2.64. The molecule has 0 atom stereocenters. The summed E-state index contributed by atoms with van der Waals surface area (Å²) in [5, 5.41) is 3.90. The van der Waals surface area contributed by atoms with Crippen LogP contribution in [0.25, 0.3) is 11.2 Å². The van der Waals surface area contributed by atoms with Crippen LogP contribution in [0.15, 0.2) is 30.6 Å². The number of halogens is 5. The number of carbonyl (C=O) groups excluding carboxylic acids is 1. The van der Waals surface area contributed by atoms with Gasteiger partial charge in [0.25, 0.3) is 6.43 Å². The first-order valence-electron chi connectivity index (χ1n) is 10.2. The summed E-state index contributed by atoms with van der Waals surface area (Å²) in [7, 11) is 0. The average molecular weight is 467 g/mol. The monoisotopic (exact) mass is 467 g/mol. The summed E-state index contributed by atoms with van der Waals surface area (Å²) in [5.74, 6) is 0.192. The summed E-state index contributed by atoms with van der Waals surface area (Å²) < 4.78 is 65.8. The van der Waals surface area contributed by atoms with E-state index in [2.05, 4.69) is 20.1 Å². The van der Waals surface area contributed by atoms with E-state index in [0.29, 0.717) is 30.8 Å². The number of hydrogen-bond acceptors (Lipinski definition) is 6. The Morgan fingerprint density at radius 2 is 1.85 bits per heavy atom. The van der Waals surface area contributed by atoms with E-state index in [1.165, 1.54) is 29.4 Å². The van der Waals surface area contributed by atoms with E-state index < -0.39 is 24.8 Å². The minimum Gasteiger partial charge on any atom is -0.354 e. The topological polar surface area (TPSA) is 80.0 Å². The molecule has 174 valence electrons. The zero-order chi connectivity index (χ0) is 23.4. The standard InChI is InChI=1S/C20H18F5N7O/c21-14(22)8-32-18-12(6-27-32)26-7-16(29-18)30-9-19(10-30)5-4-17(33)31(11-19)15-3-1-2-13(28-15)20(23,24)25/h1-3,6-7,14H,4-5,8-11H2. The van der Waals surface area contributed by atoms with Crippen molar-refractivity contribution in [1.29, 1.82) is 0 Å². The summed E-state index contributed by atoms with van der Waals surface area (Å²) in [6.45, 7) is 0.639. The maximum atomic E-state index is 13.1. The Morgan fingerprint density at radius 3 is 2.58 bits per heavy atom. The highest BCUT2D eigenvalue weighted by atomic mass is 19.4. The Balaban J connectivity index is 1.34.